The number of methoxy groups -OCH3 is 1. The first kappa shape index (κ1) is 17.5. The van der Waals surface area contributed by atoms with Crippen LogP contribution >= 0.6 is 0 Å². The molecule has 3 aromatic rings. The van der Waals surface area contributed by atoms with E-state index in [1.54, 1.807) is 0 Å². The zero-order chi connectivity index (χ0) is 18.5. The molecule has 0 bridgehead atoms. The molecule has 0 radical (unpaired) electrons. The molecular formula is C22H19NO3. The maximum absolute atomic E-state index is 12.7. The third kappa shape index (κ3) is 3.54. The highest BCUT2D eigenvalue weighted by Crippen LogP contribution is 2.26. The van der Waals surface area contributed by atoms with E-state index in [-0.39, 0.29) is 17.9 Å². The molecule has 1 aromatic heterocycles. The van der Waals surface area contributed by atoms with E-state index >= 15 is 0 Å². The molecule has 0 amide bonds. The van der Waals surface area contributed by atoms with Gasteiger partial charge in [-0.2, -0.15) is 0 Å². The minimum Gasteiger partial charge on any atom is -0.496 e. The normalized spacial score (nSPS) is 10.4. The van der Waals surface area contributed by atoms with E-state index in [9.17, 15) is 9.59 Å². The second kappa shape index (κ2) is 7.74. The van der Waals surface area contributed by atoms with Gasteiger partial charge in [-0.25, -0.2) is 0 Å². The molecule has 0 saturated heterocycles. The summed E-state index contributed by atoms with van der Waals surface area (Å²) in [5.74, 6) is 0.238. The highest BCUT2D eigenvalue weighted by molar-refractivity contribution is 5.97. The number of aromatic nitrogens is 1. The predicted molar refractivity (Wildman–Crippen MR) is 101 cm³/mol. The summed E-state index contributed by atoms with van der Waals surface area (Å²) < 4.78 is 5.15. The van der Waals surface area contributed by atoms with E-state index in [0.29, 0.717) is 17.6 Å². The van der Waals surface area contributed by atoms with Crippen molar-refractivity contribution in [3.8, 4) is 16.9 Å². The monoisotopic (exact) mass is 345 g/mol. The van der Waals surface area contributed by atoms with Crippen molar-refractivity contribution in [2.24, 2.45) is 0 Å². The maximum atomic E-state index is 12.7. The number of nitrogens with zero attached hydrogens (tertiary/aromatic N) is 1. The minimum atomic E-state index is -0.117. The Morgan fingerprint density at radius 2 is 1.88 bits per heavy atom. The Bertz CT molecular complexity index is 949. The van der Waals surface area contributed by atoms with Gasteiger partial charge in [-0.05, 0) is 29.2 Å². The van der Waals surface area contributed by atoms with Crippen molar-refractivity contribution in [2.45, 2.75) is 13.3 Å². The molecule has 130 valence electrons. The van der Waals surface area contributed by atoms with E-state index < -0.39 is 0 Å². The van der Waals surface area contributed by atoms with E-state index in [0.717, 1.165) is 22.3 Å². The van der Waals surface area contributed by atoms with Crippen molar-refractivity contribution in [3.63, 3.8) is 0 Å². The van der Waals surface area contributed by atoms with Crippen LogP contribution in [0.25, 0.3) is 11.1 Å². The zero-order valence-electron chi connectivity index (χ0n) is 14.7. The molecule has 0 aliphatic rings. The number of aldehydes is 1. The van der Waals surface area contributed by atoms with Crippen LogP contribution in [-0.4, -0.2) is 24.2 Å². The first-order valence-corrected chi connectivity index (χ1v) is 8.30. The lowest BCUT2D eigenvalue weighted by Crippen LogP contribution is -2.08. The van der Waals surface area contributed by atoms with Crippen molar-refractivity contribution >= 4 is 12.1 Å². The number of hydrogen-bond acceptors (Lipinski definition) is 4. The van der Waals surface area contributed by atoms with E-state index in [1.807, 2.05) is 37.3 Å². The second-order valence-electron chi connectivity index (χ2n) is 5.99. The van der Waals surface area contributed by atoms with Crippen LogP contribution in [0.15, 0.2) is 60.8 Å². The van der Waals surface area contributed by atoms with Crippen LogP contribution in [0, 0.1) is 6.92 Å². The average molecular weight is 345 g/mol. The summed E-state index contributed by atoms with van der Waals surface area (Å²) in [5.41, 5.74) is 4.87. The molecule has 0 aliphatic carbocycles. The molecule has 0 atom stereocenters. The highest BCUT2D eigenvalue weighted by Gasteiger charge is 2.15. The second-order valence-corrected chi connectivity index (χ2v) is 5.99. The van der Waals surface area contributed by atoms with Gasteiger partial charge in [-0.15, -0.1) is 0 Å². The molecule has 26 heavy (non-hydrogen) atoms. The fourth-order valence-corrected chi connectivity index (χ4v) is 2.93. The summed E-state index contributed by atoms with van der Waals surface area (Å²) in [6, 6.07) is 17.6. The third-order valence-electron chi connectivity index (χ3n) is 4.41. The van der Waals surface area contributed by atoms with Gasteiger partial charge < -0.3 is 4.74 Å². The molecule has 3 rings (SSSR count). The Balaban J connectivity index is 1.90. The van der Waals surface area contributed by atoms with Gasteiger partial charge in [-0.1, -0.05) is 48.5 Å². The van der Waals surface area contributed by atoms with Crippen molar-refractivity contribution in [1.82, 2.24) is 4.98 Å². The average Bonchev–Trinajstić information content (AvgIpc) is 2.69. The summed E-state index contributed by atoms with van der Waals surface area (Å²) in [6.07, 6.45) is 2.27. The maximum Gasteiger partial charge on any atom is 0.185 e. The quantitative estimate of drug-likeness (QED) is 0.494. The number of carbonyl (C=O) groups is 2. The molecule has 4 nitrogen and oxygen atoms in total. The van der Waals surface area contributed by atoms with Crippen LogP contribution < -0.4 is 4.74 Å². The first-order valence-electron chi connectivity index (χ1n) is 8.30. The van der Waals surface area contributed by atoms with Gasteiger partial charge in [0.2, 0.25) is 0 Å². The fraction of sp³-hybridized carbons (Fsp3) is 0.136. The molecule has 4 heteroatoms. The summed E-state index contributed by atoms with van der Waals surface area (Å²) in [4.78, 5) is 27.7. The topological polar surface area (TPSA) is 56.3 Å². The number of ether oxygens (including phenoxy) is 1. The van der Waals surface area contributed by atoms with Gasteiger partial charge in [0.1, 0.15) is 11.4 Å². The molecule has 1 heterocycles. The lowest BCUT2D eigenvalue weighted by molar-refractivity contribution is 0.0986. The van der Waals surface area contributed by atoms with Crippen LogP contribution in [0.4, 0.5) is 0 Å². The van der Waals surface area contributed by atoms with E-state index in [4.69, 9.17) is 4.74 Å². The van der Waals surface area contributed by atoms with E-state index in [2.05, 4.69) is 23.2 Å². The van der Waals surface area contributed by atoms with Crippen molar-refractivity contribution in [1.29, 1.82) is 0 Å². The molecule has 0 unspecified atom stereocenters. The smallest absolute Gasteiger partial charge is 0.185 e. The number of rotatable bonds is 6. The Morgan fingerprint density at radius 3 is 2.58 bits per heavy atom. The number of benzene rings is 2. The Labute approximate surface area is 152 Å². The number of Topliss-reactive ketones (excluding diaryl/α,β-unsaturated/α-hetero) is 1. The van der Waals surface area contributed by atoms with Crippen molar-refractivity contribution < 1.29 is 14.3 Å². The van der Waals surface area contributed by atoms with Crippen LogP contribution in [0.5, 0.6) is 5.75 Å². The summed E-state index contributed by atoms with van der Waals surface area (Å²) >= 11 is 0. The standard InChI is InChI=1S/C22H19NO3/c1-15-17(9-6-10-19(15)16-7-4-3-5-8-16)11-21(25)20-12-22(26-2)18(14-24)13-23-20/h3-10,12-14H,11H2,1-2H3. The van der Waals surface area contributed by atoms with Crippen LogP contribution in [-0.2, 0) is 6.42 Å². The van der Waals surface area contributed by atoms with E-state index in [1.165, 1.54) is 19.4 Å². The van der Waals surface area contributed by atoms with Crippen LogP contribution in [0.2, 0.25) is 0 Å². The van der Waals surface area contributed by atoms with Gasteiger partial charge in [-0.3, -0.25) is 14.6 Å². The molecule has 0 fully saturated rings. The summed E-state index contributed by atoms with van der Waals surface area (Å²) in [7, 11) is 1.46. The molecule has 0 N–H and O–H groups in total. The molecule has 0 saturated carbocycles. The van der Waals surface area contributed by atoms with Crippen LogP contribution in [0.1, 0.15) is 32.0 Å². The SMILES string of the molecule is COc1cc(C(=O)Cc2cccc(-c3ccccc3)c2C)ncc1C=O. The van der Waals surface area contributed by atoms with Crippen LogP contribution in [0.3, 0.4) is 0 Å². The molecule has 0 aliphatic heterocycles. The first-order chi connectivity index (χ1) is 12.6. The number of hydrogen-bond donors (Lipinski definition) is 0. The fourth-order valence-electron chi connectivity index (χ4n) is 2.93. The highest BCUT2D eigenvalue weighted by atomic mass is 16.5. The van der Waals surface area contributed by atoms with Gasteiger partial charge in [0.25, 0.3) is 0 Å². The lowest BCUT2D eigenvalue weighted by atomic mass is 9.93. The Morgan fingerprint density at radius 1 is 1.12 bits per heavy atom. The number of pyridine rings is 1. The van der Waals surface area contributed by atoms with Crippen molar-refractivity contribution in [3.05, 3.63) is 83.2 Å². The number of carbonyl (C=O) groups excluding carboxylic acids is 2. The minimum absolute atomic E-state index is 0.117. The zero-order valence-corrected chi connectivity index (χ0v) is 14.7. The lowest BCUT2D eigenvalue weighted by Gasteiger charge is -2.11. The molecule has 2 aromatic carbocycles. The Hall–Kier alpha value is -3.27. The van der Waals surface area contributed by atoms with Gasteiger partial charge in [0.15, 0.2) is 12.1 Å². The molecule has 0 spiro atoms. The van der Waals surface area contributed by atoms with Crippen molar-refractivity contribution in [2.75, 3.05) is 7.11 Å². The largest absolute Gasteiger partial charge is 0.496 e. The number of ketones is 1. The van der Waals surface area contributed by atoms with Gasteiger partial charge in [0, 0.05) is 18.7 Å². The Kier molecular flexibility index (Phi) is 5.23. The van der Waals surface area contributed by atoms with Gasteiger partial charge in [0.05, 0.1) is 12.7 Å². The van der Waals surface area contributed by atoms with Gasteiger partial charge >= 0.3 is 0 Å². The molecular weight excluding hydrogens is 326 g/mol. The summed E-state index contributed by atoms with van der Waals surface area (Å²) in [5, 5.41) is 0. The predicted octanol–water partition coefficient (Wildman–Crippen LogP) is 4.30. The third-order valence-corrected chi connectivity index (χ3v) is 4.41. The summed E-state index contributed by atoms with van der Waals surface area (Å²) in [6.45, 7) is 2.02.